The van der Waals surface area contributed by atoms with Gasteiger partial charge in [0, 0.05) is 5.88 Å². The van der Waals surface area contributed by atoms with Crippen LogP contribution in [0.2, 0.25) is 6.04 Å². The van der Waals surface area contributed by atoms with E-state index in [4.69, 9.17) is 16.4 Å². The monoisotopic (exact) mass is 122 g/mol. The van der Waals surface area contributed by atoms with Gasteiger partial charge >= 0.3 is 0 Å². The van der Waals surface area contributed by atoms with Crippen molar-refractivity contribution in [2.75, 3.05) is 5.88 Å². The lowest BCUT2D eigenvalue weighted by molar-refractivity contribution is 0.598. The first kappa shape index (κ1) is 6.47. The molecule has 0 aromatic rings. The van der Waals surface area contributed by atoms with Gasteiger partial charge in [-0.25, -0.2) is 0 Å². The van der Waals surface area contributed by atoms with E-state index in [1.165, 1.54) is 0 Å². The standard InChI is InChI=1S/C3H7ClOSi/c4-2-1-3-6-5/h5H,1-3H2. The zero-order valence-corrected chi connectivity index (χ0v) is 5.20. The summed E-state index contributed by atoms with van der Waals surface area (Å²) in [5, 5.41) is 0. The van der Waals surface area contributed by atoms with Crippen molar-refractivity contribution >= 4 is 21.4 Å². The van der Waals surface area contributed by atoms with Crippen LogP contribution in [0.3, 0.4) is 0 Å². The molecule has 0 bridgehead atoms. The Labute approximate surface area is 45.3 Å². The SMILES string of the molecule is O[Si]CCCCl. The lowest BCUT2D eigenvalue weighted by Gasteiger charge is -1.82. The summed E-state index contributed by atoms with van der Waals surface area (Å²) >= 11 is 5.27. The molecule has 0 aromatic carbocycles. The number of rotatable bonds is 3. The fraction of sp³-hybridized carbons (Fsp3) is 1.00. The minimum atomic E-state index is 0.0802. The minimum Gasteiger partial charge on any atom is -0.432 e. The Bertz CT molecular complexity index is 22.8. The van der Waals surface area contributed by atoms with Crippen LogP contribution in [0.1, 0.15) is 6.42 Å². The Morgan fingerprint density at radius 1 is 1.67 bits per heavy atom. The predicted molar refractivity (Wildman–Crippen MR) is 28.1 cm³/mol. The second-order valence-electron chi connectivity index (χ2n) is 0.951. The maximum Gasteiger partial charge on any atom is 0.224 e. The van der Waals surface area contributed by atoms with Crippen LogP contribution >= 0.6 is 11.6 Å². The first-order valence-corrected chi connectivity index (χ1v) is 3.53. The van der Waals surface area contributed by atoms with Gasteiger partial charge in [0.25, 0.3) is 0 Å². The van der Waals surface area contributed by atoms with E-state index in [1.54, 1.807) is 0 Å². The molecule has 0 saturated carbocycles. The molecular weight excluding hydrogens is 116 g/mol. The molecule has 3 heteroatoms. The highest BCUT2D eigenvalue weighted by Gasteiger charge is 1.81. The molecule has 0 atom stereocenters. The van der Waals surface area contributed by atoms with Gasteiger partial charge in [0.15, 0.2) is 0 Å². The lowest BCUT2D eigenvalue weighted by atomic mass is 10.6. The largest absolute Gasteiger partial charge is 0.432 e. The summed E-state index contributed by atoms with van der Waals surface area (Å²) in [7, 11) is 0.0802. The van der Waals surface area contributed by atoms with Crippen LogP contribution in [0, 0.1) is 0 Å². The first-order chi connectivity index (χ1) is 2.91. The van der Waals surface area contributed by atoms with Gasteiger partial charge in [0.05, 0.1) is 0 Å². The Morgan fingerprint density at radius 3 is 2.50 bits per heavy atom. The molecule has 0 heterocycles. The molecule has 0 amide bonds. The van der Waals surface area contributed by atoms with E-state index in [9.17, 15) is 0 Å². The minimum absolute atomic E-state index is 0.0802. The third-order valence-corrected chi connectivity index (χ3v) is 1.27. The highest BCUT2D eigenvalue weighted by molar-refractivity contribution is 6.25. The number of hydrogen-bond donors (Lipinski definition) is 1. The van der Waals surface area contributed by atoms with Crippen molar-refractivity contribution in [3.05, 3.63) is 0 Å². The van der Waals surface area contributed by atoms with E-state index in [0.29, 0.717) is 5.88 Å². The van der Waals surface area contributed by atoms with E-state index in [2.05, 4.69) is 0 Å². The summed E-state index contributed by atoms with van der Waals surface area (Å²) in [4.78, 5) is 8.17. The maximum atomic E-state index is 8.17. The molecule has 0 spiro atoms. The summed E-state index contributed by atoms with van der Waals surface area (Å²) < 4.78 is 0. The van der Waals surface area contributed by atoms with Crippen LogP contribution in [0.4, 0.5) is 0 Å². The van der Waals surface area contributed by atoms with Gasteiger partial charge in [-0.2, -0.15) is 0 Å². The van der Waals surface area contributed by atoms with Gasteiger partial charge in [-0.1, -0.05) is 0 Å². The second-order valence-corrected chi connectivity index (χ2v) is 2.14. The molecule has 0 unspecified atom stereocenters. The zero-order valence-electron chi connectivity index (χ0n) is 3.45. The van der Waals surface area contributed by atoms with Crippen LogP contribution in [-0.4, -0.2) is 20.4 Å². The van der Waals surface area contributed by atoms with Crippen LogP contribution in [0.25, 0.3) is 0 Å². The van der Waals surface area contributed by atoms with Crippen molar-refractivity contribution < 1.29 is 4.80 Å². The maximum absolute atomic E-state index is 8.17. The van der Waals surface area contributed by atoms with Crippen molar-refractivity contribution in [1.29, 1.82) is 0 Å². The average molecular weight is 123 g/mol. The van der Waals surface area contributed by atoms with Crippen molar-refractivity contribution in [2.45, 2.75) is 12.5 Å². The van der Waals surface area contributed by atoms with Crippen molar-refractivity contribution in [1.82, 2.24) is 0 Å². The molecule has 0 aliphatic rings. The molecule has 2 radical (unpaired) electrons. The summed E-state index contributed by atoms with van der Waals surface area (Å²) in [5.41, 5.74) is 0. The fourth-order valence-corrected chi connectivity index (χ4v) is 0.839. The Morgan fingerprint density at radius 2 is 2.33 bits per heavy atom. The van der Waals surface area contributed by atoms with E-state index < -0.39 is 0 Å². The summed E-state index contributed by atoms with van der Waals surface area (Å²) in [5.74, 6) is 0.674. The highest BCUT2D eigenvalue weighted by atomic mass is 35.5. The van der Waals surface area contributed by atoms with E-state index in [1.807, 2.05) is 0 Å². The van der Waals surface area contributed by atoms with Crippen LogP contribution in [0.5, 0.6) is 0 Å². The molecule has 0 aliphatic carbocycles. The molecule has 0 aromatic heterocycles. The molecule has 0 saturated heterocycles. The van der Waals surface area contributed by atoms with Gasteiger partial charge in [-0.05, 0) is 12.5 Å². The normalized spacial score (nSPS) is 9.00. The topological polar surface area (TPSA) is 20.2 Å². The molecule has 1 nitrogen and oxygen atoms in total. The molecule has 6 heavy (non-hydrogen) atoms. The predicted octanol–water partition coefficient (Wildman–Crippen LogP) is 0.645. The quantitative estimate of drug-likeness (QED) is 0.331. The van der Waals surface area contributed by atoms with Gasteiger partial charge < -0.3 is 4.80 Å². The van der Waals surface area contributed by atoms with Crippen LogP contribution in [0.15, 0.2) is 0 Å². The van der Waals surface area contributed by atoms with Gasteiger partial charge in [-0.15, -0.1) is 11.6 Å². The highest BCUT2D eigenvalue weighted by Crippen LogP contribution is 1.87. The molecule has 36 valence electrons. The smallest absolute Gasteiger partial charge is 0.224 e. The molecule has 0 aliphatic heterocycles. The number of hydrogen-bond acceptors (Lipinski definition) is 1. The van der Waals surface area contributed by atoms with Crippen molar-refractivity contribution in [2.24, 2.45) is 0 Å². The van der Waals surface area contributed by atoms with Crippen LogP contribution in [-0.2, 0) is 0 Å². The zero-order chi connectivity index (χ0) is 4.83. The first-order valence-electron chi connectivity index (χ1n) is 1.84. The van der Waals surface area contributed by atoms with Gasteiger partial charge in [0.1, 0.15) is 0 Å². The van der Waals surface area contributed by atoms with Crippen LogP contribution < -0.4 is 0 Å². The molecular formula is C3H7ClOSi. The second kappa shape index (κ2) is 5.47. The van der Waals surface area contributed by atoms with Gasteiger partial charge in [0.2, 0.25) is 9.76 Å². The average Bonchev–Trinajstić information content (AvgIpc) is 1.61. The van der Waals surface area contributed by atoms with Crippen molar-refractivity contribution in [3.8, 4) is 0 Å². The number of halogens is 1. The fourth-order valence-electron chi connectivity index (χ4n) is 0.146. The number of alkyl halides is 1. The molecule has 0 rings (SSSR count). The lowest BCUT2D eigenvalue weighted by Crippen LogP contribution is -1.84. The van der Waals surface area contributed by atoms with E-state index in [-0.39, 0.29) is 9.76 Å². The summed E-state index contributed by atoms with van der Waals surface area (Å²) in [6.45, 7) is 0. The Kier molecular flexibility index (Phi) is 5.89. The molecule has 0 fully saturated rings. The van der Waals surface area contributed by atoms with E-state index >= 15 is 0 Å². The third kappa shape index (κ3) is 4.47. The Balaban J connectivity index is 2.34. The van der Waals surface area contributed by atoms with Crippen molar-refractivity contribution in [3.63, 3.8) is 0 Å². The molecule has 1 N–H and O–H groups in total. The van der Waals surface area contributed by atoms with E-state index in [0.717, 1.165) is 12.5 Å². The third-order valence-electron chi connectivity index (χ3n) is 0.422. The summed E-state index contributed by atoms with van der Waals surface area (Å²) in [6, 6.07) is 0.865. The Hall–Kier alpha value is 0.467. The van der Waals surface area contributed by atoms with Gasteiger partial charge in [-0.3, -0.25) is 0 Å². The summed E-state index contributed by atoms with van der Waals surface area (Å²) in [6.07, 6.45) is 0.941.